The molecule has 3 aromatic heterocycles. The summed E-state index contributed by atoms with van der Waals surface area (Å²) in [5.74, 6) is 0.561. The fourth-order valence-corrected chi connectivity index (χ4v) is 5.61. The van der Waals surface area contributed by atoms with E-state index < -0.39 is 11.4 Å². The van der Waals surface area contributed by atoms with Gasteiger partial charge in [-0.3, -0.25) is 4.68 Å². The number of nitrogens with two attached hydrogens (primary N) is 1. The first-order chi connectivity index (χ1) is 16.8. The van der Waals surface area contributed by atoms with Gasteiger partial charge in [0.2, 0.25) is 5.95 Å². The molecule has 0 amide bonds. The van der Waals surface area contributed by atoms with Crippen molar-refractivity contribution in [1.29, 1.82) is 0 Å². The molecule has 2 fully saturated rings. The average molecular weight is 481 g/mol. The molecular formula is C24H29FN8O2. The number of aromatic nitrogens is 6. The topological polar surface area (TPSA) is 120 Å². The Balaban J connectivity index is 1.30. The summed E-state index contributed by atoms with van der Waals surface area (Å²) in [6, 6.07) is 2.89. The second-order valence-electron chi connectivity index (χ2n) is 9.91. The van der Waals surface area contributed by atoms with E-state index in [0.29, 0.717) is 22.4 Å². The number of hydrogen-bond donors (Lipinski definition) is 2. The van der Waals surface area contributed by atoms with Crippen LogP contribution in [0.4, 0.5) is 16.0 Å². The Morgan fingerprint density at radius 3 is 2.86 bits per heavy atom. The van der Waals surface area contributed by atoms with Crippen LogP contribution in [0.5, 0.6) is 5.75 Å². The van der Waals surface area contributed by atoms with E-state index in [1.807, 2.05) is 24.0 Å². The Kier molecular flexibility index (Phi) is 5.06. The lowest BCUT2D eigenvalue weighted by molar-refractivity contribution is 0.0222. The zero-order valence-electron chi connectivity index (χ0n) is 19.9. The number of piperidine rings is 1. The van der Waals surface area contributed by atoms with Gasteiger partial charge in [-0.15, -0.1) is 5.10 Å². The summed E-state index contributed by atoms with van der Waals surface area (Å²) in [7, 11) is 1.41. The fraction of sp³-hybridized carbons (Fsp3) is 0.500. The molecule has 184 valence electrons. The highest BCUT2D eigenvalue weighted by Gasteiger charge is 2.39. The monoisotopic (exact) mass is 480 g/mol. The van der Waals surface area contributed by atoms with E-state index in [9.17, 15) is 9.50 Å². The molecule has 10 nitrogen and oxygen atoms in total. The van der Waals surface area contributed by atoms with E-state index in [1.165, 1.54) is 23.8 Å². The molecule has 1 aliphatic heterocycles. The standard InChI is InChI=1S/C24H29FN8O2/c1-24(34)7-3-6-20(24)32-13-15(11-27-32)31-8-4-5-14(12-31)21-29-22-16-9-17(25)19(35-2)10-18(16)28-23(26)33(22)30-21/h9-11,13-14,20,34H,3-8,12H2,1-2H3,(H2,26,28)/t14-,20+,24-/m1/s1. The van der Waals surface area contributed by atoms with Crippen molar-refractivity contribution in [2.45, 2.75) is 56.6 Å². The molecule has 4 aromatic rings. The zero-order valence-corrected chi connectivity index (χ0v) is 19.9. The Hall–Kier alpha value is -3.47. The molecular weight excluding hydrogens is 451 g/mol. The largest absolute Gasteiger partial charge is 0.494 e. The van der Waals surface area contributed by atoms with Crippen LogP contribution in [0.15, 0.2) is 24.5 Å². The van der Waals surface area contributed by atoms with Gasteiger partial charge in [-0.2, -0.15) is 9.61 Å². The van der Waals surface area contributed by atoms with Gasteiger partial charge in [0.1, 0.15) is 0 Å². The smallest absolute Gasteiger partial charge is 0.223 e. The number of methoxy groups -OCH3 is 1. The summed E-state index contributed by atoms with van der Waals surface area (Å²) in [6.07, 6.45) is 8.55. The van der Waals surface area contributed by atoms with Gasteiger partial charge in [-0.25, -0.2) is 14.4 Å². The number of benzene rings is 1. The summed E-state index contributed by atoms with van der Waals surface area (Å²) in [4.78, 5) is 11.4. The normalized spacial score (nSPS) is 25.1. The van der Waals surface area contributed by atoms with Crippen LogP contribution in [-0.4, -0.2) is 60.3 Å². The maximum atomic E-state index is 14.4. The van der Waals surface area contributed by atoms with Gasteiger partial charge >= 0.3 is 0 Å². The van der Waals surface area contributed by atoms with Gasteiger partial charge in [0, 0.05) is 36.7 Å². The molecule has 0 unspecified atom stereocenters. The number of rotatable bonds is 4. The SMILES string of the molecule is COc1cc2nc(N)n3nc([C@@H]4CCCN(c5cnn([C@H]6CCC[C@@]6(C)O)c5)C4)nc3c2cc1F. The number of fused-ring (bicyclic) bond motifs is 3. The number of halogens is 1. The van der Waals surface area contributed by atoms with Crippen LogP contribution < -0.4 is 15.4 Å². The molecule has 11 heteroatoms. The highest BCUT2D eigenvalue weighted by atomic mass is 19.1. The third kappa shape index (κ3) is 3.65. The molecule has 0 bridgehead atoms. The van der Waals surface area contributed by atoms with E-state index in [4.69, 9.17) is 15.5 Å². The third-order valence-corrected chi connectivity index (χ3v) is 7.52. The third-order valence-electron chi connectivity index (χ3n) is 7.52. The molecule has 1 saturated carbocycles. The Morgan fingerprint density at radius 2 is 2.09 bits per heavy atom. The molecule has 3 N–H and O–H groups in total. The van der Waals surface area contributed by atoms with Crippen LogP contribution in [0, 0.1) is 5.82 Å². The number of hydrogen-bond acceptors (Lipinski definition) is 8. The number of nitrogens with zero attached hydrogens (tertiary/aromatic N) is 7. The average Bonchev–Trinajstić information content (AvgIpc) is 3.57. The number of ether oxygens (including phenoxy) is 1. The molecule has 1 aliphatic carbocycles. The minimum absolute atomic E-state index is 0.000260. The van der Waals surface area contributed by atoms with Crippen LogP contribution in [0.2, 0.25) is 0 Å². The van der Waals surface area contributed by atoms with Crippen LogP contribution in [0.3, 0.4) is 0 Å². The maximum Gasteiger partial charge on any atom is 0.223 e. The van der Waals surface area contributed by atoms with Crippen molar-refractivity contribution in [2.24, 2.45) is 0 Å². The molecule has 1 saturated heterocycles. The summed E-state index contributed by atoms with van der Waals surface area (Å²) >= 11 is 0. The van der Waals surface area contributed by atoms with Crippen molar-refractivity contribution in [3.05, 3.63) is 36.2 Å². The number of aliphatic hydroxyl groups is 1. The fourth-order valence-electron chi connectivity index (χ4n) is 5.61. The van der Waals surface area contributed by atoms with Gasteiger partial charge in [-0.1, -0.05) is 0 Å². The highest BCUT2D eigenvalue weighted by Crippen LogP contribution is 2.39. The van der Waals surface area contributed by atoms with Crippen LogP contribution >= 0.6 is 0 Å². The first-order valence-corrected chi connectivity index (χ1v) is 12.0. The lowest BCUT2D eigenvalue weighted by Gasteiger charge is -2.32. The molecule has 4 heterocycles. The Morgan fingerprint density at radius 1 is 1.23 bits per heavy atom. The van der Waals surface area contributed by atoms with Crippen molar-refractivity contribution in [1.82, 2.24) is 29.4 Å². The van der Waals surface area contributed by atoms with E-state index >= 15 is 0 Å². The summed E-state index contributed by atoms with van der Waals surface area (Å²) in [6.45, 7) is 3.54. The zero-order chi connectivity index (χ0) is 24.3. The predicted octanol–water partition coefficient (Wildman–Crippen LogP) is 3.06. The molecule has 0 radical (unpaired) electrons. The lowest BCUT2D eigenvalue weighted by Crippen LogP contribution is -2.35. The molecule has 2 aliphatic rings. The second-order valence-corrected chi connectivity index (χ2v) is 9.91. The van der Waals surface area contributed by atoms with E-state index in [2.05, 4.69) is 20.1 Å². The van der Waals surface area contributed by atoms with Crippen molar-refractivity contribution >= 4 is 28.2 Å². The molecule has 6 rings (SSSR count). The first-order valence-electron chi connectivity index (χ1n) is 12.0. The lowest BCUT2D eigenvalue weighted by atomic mass is 9.97. The number of nitrogen functional groups attached to an aromatic ring is 1. The van der Waals surface area contributed by atoms with Crippen molar-refractivity contribution in [3.63, 3.8) is 0 Å². The Labute approximate surface area is 201 Å². The van der Waals surface area contributed by atoms with Crippen molar-refractivity contribution in [3.8, 4) is 5.75 Å². The van der Waals surface area contributed by atoms with E-state index in [0.717, 1.165) is 50.9 Å². The summed E-state index contributed by atoms with van der Waals surface area (Å²) < 4.78 is 22.9. The van der Waals surface area contributed by atoms with Gasteiger partial charge in [-0.05, 0) is 45.1 Å². The molecule has 35 heavy (non-hydrogen) atoms. The first kappa shape index (κ1) is 22.0. The summed E-state index contributed by atoms with van der Waals surface area (Å²) in [5, 5.41) is 20.5. The quantitative estimate of drug-likeness (QED) is 0.457. The number of anilines is 2. The predicted molar refractivity (Wildman–Crippen MR) is 129 cm³/mol. The van der Waals surface area contributed by atoms with E-state index in [-0.39, 0.29) is 23.7 Å². The van der Waals surface area contributed by atoms with Gasteiger partial charge in [0.25, 0.3) is 0 Å². The van der Waals surface area contributed by atoms with E-state index in [1.54, 1.807) is 0 Å². The van der Waals surface area contributed by atoms with Crippen LogP contribution in [-0.2, 0) is 0 Å². The Bertz CT molecular complexity index is 1410. The van der Waals surface area contributed by atoms with Gasteiger partial charge in [0.15, 0.2) is 23.0 Å². The van der Waals surface area contributed by atoms with Gasteiger partial charge in [0.05, 0.1) is 36.2 Å². The summed E-state index contributed by atoms with van der Waals surface area (Å²) in [5.41, 5.74) is 7.46. The minimum atomic E-state index is -0.728. The molecule has 0 spiro atoms. The molecule has 3 atom stereocenters. The molecule has 1 aromatic carbocycles. The second kappa shape index (κ2) is 8.04. The van der Waals surface area contributed by atoms with Crippen LogP contribution in [0.1, 0.15) is 56.8 Å². The van der Waals surface area contributed by atoms with Crippen LogP contribution in [0.25, 0.3) is 16.6 Å². The maximum absolute atomic E-state index is 14.4. The minimum Gasteiger partial charge on any atom is -0.494 e. The van der Waals surface area contributed by atoms with Crippen molar-refractivity contribution < 1.29 is 14.2 Å². The highest BCUT2D eigenvalue weighted by molar-refractivity contribution is 5.93. The van der Waals surface area contributed by atoms with Gasteiger partial charge < -0.3 is 20.5 Å². The van der Waals surface area contributed by atoms with Crippen molar-refractivity contribution in [2.75, 3.05) is 30.8 Å².